The number of benzene rings is 4. The minimum Gasteiger partial charge on any atom is -0.282 e. The second kappa shape index (κ2) is 9.11. The lowest BCUT2D eigenvalue weighted by Gasteiger charge is -2.26. The fourth-order valence-electron chi connectivity index (χ4n) is 3.20. The summed E-state index contributed by atoms with van der Waals surface area (Å²) in [4.78, 5) is 0. The molecule has 168 valence electrons. The molecule has 0 radical (unpaired) electrons. The van der Waals surface area contributed by atoms with Crippen LogP contribution in [0.3, 0.4) is 0 Å². The lowest BCUT2D eigenvalue weighted by molar-refractivity contribution is 0.485. The van der Waals surface area contributed by atoms with Gasteiger partial charge in [0, 0.05) is 21.2 Å². The van der Waals surface area contributed by atoms with Crippen molar-refractivity contribution < 1.29 is 31.0 Å². The molecular weight excluding hydrogens is 474 g/mol. The van der Waals surface area contributed by atoms with Gasteiger partial charge >= 0.3 is 0 Å². The van der Waals surface area contributed by atoms with Gasteiger partial charge in [0.25, 0.3) is 14.7 Å². The molecule has 4 aromatic carbocycles. The molecule has 4 aromatic rings. The average Bonchev–Trinajstić information content (AvgIpc) is 2.80. The molecule has 0 spiro atoms. The van der Waals surface area contributed by atoms with Gasteiger partial charge in [-0.2, -0.15) is 0 Å². The summed E-state index contributed by atoms with van der Waals surface area (Å²) in [5, 5.41) is 0.0554. The summed E-state index contributed by atoms with van der Waals surface area (Å²) >= 11 is 0. The Kier molecular flexibility index (Phi) is 6.40. The van der Waals surface area contributed by atoms with Gasteiger partial charge in [0.2, 0.25) is 0 Å². The first-order chi connectivity index (χ1) is 15.7. The zero-order chi connectivity index (χ0) is 23.6. The Bertz CT molecular complexity index is 1150. The van der Waals surface area contributed by atoms with Gasteiger partial charge < -0.3 is 0 Å². The Balaban J connectivity index is 1.94. The van der Waals surface area contributed by atoms with Gasteiger partial charge in [-0.15, -0.1) is 0 Å². The van der Waals surface area contributed by atoms with Crippen molar-refractivity contribution in [2.24, 2.45) is 0 Å². The van der Waals surface area contributed by atoms with Crippen LogP contribution in [0, 0.1) is 23.3 Å². The SMILES string of the molecule is O=P(OP(=O)(c1ccc(F)cc1)c1ccc(F)cc1)(c1ccc(F)cc1)c1ccc(F)cc1. The first-order valence-corrected chi connectivity index (χ1v) is 12.9. The van der Waals surface area contributed by atoms with Crippen LogP contribution in [0.15, 0.2) is 97.1 Å². The summed E-state index contributed by atoms with van der Waals surface area (Å²) in [6.07, 6.45) is 0. The number of hydrogen-bond acceptors (Lipinski definition) is 3. The summed E-state index contributed by atoms with van der Waals surface area (Å²) in [5.74, 6) is -2.37. The third-order valence-electron chi connectivity index (χ3n) is 4.90. The first-order valence-electron chi connectivity index (χ1n) is 9.67. The van der Waals surface area contributed by atoms with E-state index >= 15 is 0 Å². The molecule has 0 N–H and O–H groups in total. The van der Waals surface area contributed by atoms with E-state index in [-0.39, 0.29) is 21.2 Å². The zero-order valence-corrected chi connectivity index (χ0v) is 18.7. The lowest BCUT2D eigenvalue weighted by atomic mass is 10.3. The standard InChI is InChI=1S/C24H16F4O3P2/c25-17-1-9-21(10-2-17)32(29,22-11-3-18(26)4-12-22)31-33(30,23-13-5-19(27)6-14-23)24-15-7-20(28)8-16-24/h1-16H. The van der Waals surface area contributed by atoms with E-state index in [2.05, 4.69) is 0 Å². The van der Waals surface area contributed by atoms with Gasteiger partial charge in [-0.1, -0.05) is 0 Å². The van der Waals surface area contributed by atoms with Crippen molar-refractivity contribution in [3.63, 3.8) is 0 Å². The maximum Gasteiger partial charge on any atom is 0.267 e. The van der Waals surface area contributed by atoms with Crippen LogP contribution in [0.25, 0.3) is 0 Å². The smallest absolute Gasteiger partial charge is 0.267 e. The average molecular weight is 490 g/mol. The molecule has 0 saturated heterocycles. The van der Waals surface area contributed by atoms with E-state index in [0.717, 1.165) is 48.5 Å². The minimum absolute atomic E-state index is 0.0138. The van der Waals surface area contributed by atoms with Crippen molar-refractivity contribution in [2.75, 3.05) is 0 Å². The highest BCUT2D eigenvalue weighted by Crippen LogP contribution is 2.61. The lowest BCUT2D eigenvalue weighted by Crippen LogP contribution is -2.24. The van der Waals surface area contributed by atoms with E-state index < -0.39 is 38.0 Å². The molecule has 0 aromatic heterocycles. The Morgan fingerprint density at radius 3 is 0.758 bits per heavy atom. The molecule has 0 unspecified atom stereocenters. The van der Waals surface area contributed by atoms with Crippen LogP contribution in [-0.2, 0) is 13.4 Å². The molecular formula is C24H16F4O3P2. The monoisotopic (exact) mass is 490 g/mol. The normalized spacial score (nSPS) is 12.0. The van der Waals surface area contributed by atoms with Crippen molar-refractivity contribution in [1.82, 2.24) is 0 Å². The molecule has 9 heteroatoms. The van der Waals surface area contributed by atoms with Crippen LogP contribution in [0.5, 0.6) is 0 Å². The van der Waals surface area contributed by atoms with Crippen molar-refractivity contribution >= 4 is 36.0 Å². The molecule has 0 atom stereocenters. The third kappa shape index (κ3) is 4.72. The van der Waals surface area contributed by atoms with Crippen LogP contribution in [0.2, 0.25) is 0 Å². The molecule has 33 heavy (non-hydrogen) atoms. The van der Waals surface area contributed by atoms with Gasteiger partial charge in [0.1, 0.15) is 23.3 Å². The second-order valence-electron chi connectivity index (χ2n) is 7.09. The highest BCUT2D eigenvalue weighted by atomic mass is 31.2. The van der Waals surface area contributed by atoms with Crippen molar-refractivity contribution in [1.29, 1.82) is 0 Å². The fraction of sp³-hybridized carbons (Fsp3) is 0. The summed E-state index contributed by atoms with van der Waals surface area (Å²) in [5.41, 5.74) is 0. The Hall–Kier alpha value is -2.98. The topological polar surface area (TPSA) is 43.4 Å². The van der Waals surface area contributed by atoms with Gasteiger partial charge in [-0.3, -0.25) is 13.4 Å². The summed E-state index contributed by atoms with van der Waals surface area (Å²) in [7, 11) is -8.45. The Morgan fingerprint density at radius 2 is 0.576 bits per heavy atom. The highest BCUT2D eigenvalue weighted by Gasteiger charge is 2.40. The molecule has 0 aliphatic carbocycles. The van der Waals surface area contributed by atoms with Gasteiger partial charge in [0.15, 0.2) is 0 Å². The minimum atomic E-state index is -4.22. The van der Waals surface area contributed by atoms with E-state index in [4.69, 9.17) is 4.31 Å². The molecule has 0 aliphatic rings. The second-order valence-corrected chi connectivity index (χ2v) is 12.0. The molecule has 0 fully saturated rings. The molecule has 0 bridgehead atoms. The first kappa shape index (κ1) is 23.2. The van der Waals surface area contributed by atoms with Crippen molar-refractivity contribution in [3.8, 4) is 0 Å². The number of hydrogen-bond donors (Lipinski definition) is 0. The highest BCUT2D eigenvalue weighted by molar-refractivity contribution is 7.86. The van der Waals surface area contributed by atoms with E-state index in [1.807, 2.05) is 0 Å². The van der Waals surface area contributed by atoms with E-state index in [9.17, 15) is 26.7 Å². The van der Waals surface area contributed by atoms with Gasteiger partial charge in [-0.25, -0.2) is 17.6 Å². The molecule has 3 nitrogen and oxygen atoms in total. The van der Waals surface area contributed by atoms with Crippen LogP contribution in [-0.4, -0.2) is 0 Å². The maximum atomic E-state index is 14.3. The molecule has 0 saturated carbocycles. The van der Waals surface area contributed by atoms with Gasteiger partial charge in [-0.05, 0) is 97.1 Å². The molecule has 4 rings (SSSR count). The Morgan fingerprint density at radius 1 is 0.394 bits per heavy atom. The van der Waals surface area contributed by atoms with Crippen LogP contribution in [0.4, 0.5) is 17.6 Å². The van der Waals surface area contributed by atoms with Crippen LogP contribution >= 0.6 is 14.7 Å². The summed E-state index contributed by atoms with van der Waals surface area (Å²) in [6, 6.07) is 18.3. The van der Waals surface area contributed by atoms with Crippen LogP contribution in [0.1, 0.15) is 0 Å². The summed E-state index contributed by atoms with van der Waals surface area (Å²) < 4.78 is 88.9. The van der Waals surface area contributed by atoms with E-state index in [0.29, 0.717) is 0 Å². The van der Waals surface area contributed by atoms with Crippen LogP contribution < -0.4 is 21.2 Å². The van der Waals surface area contributed by atoms with E-state index in [1.54, 1.807) is 0 Å². The largest absolute Gasteiger partial charge is 0.282 e. The Labute approximate surface area is 187 Å². The fourth-order valence-corrected chi connectivity index (χ4v) is 8.76. The maximum absolute atomic E-state index is 14.3. The molecule has 0 aliphatic heterocycles. The number of halogens is 4. The quantitative estimate of drug-likeness (QED) is 0.268. The molecule has 0 amide bonds. The zero-order valence-electron chi connectivity index (χ0n) is 16.9. The third-order valence-corrected chi connectivity index (χ3v) is 10.6. The van der Waals surface area contributed by atoms with Crippen molar-refractivity contribution in [2.45, 2.75) is 0 Å². The van der Waals surface area contributed by atoms with Gasteiger partial charge in [0.05, 0.1) is 0 Å². The predicted molar refractivity (Wildman–Crippen MR) is 120 cm³/mol. The number of rotatable bonds is 6. The molecule has 0 heterocycles. The van der Waals surface area contributed by atoms with Crippen molar-refractivity contribution in [3.05, 3.63) is 120 Å². The summed E-state index contributed by atoms with van der Waals surface area (Å²) in [6.45, 7) is 0. The predicted octanol–water partition coefficient (Wildman–Crippen LogP) is 5.42. The van der Waals surface area contributed by atoms with E-state index in [1.165, 1.54) is 48.5 Å².